The van der Waals surface area contributed by atoms with Gasteiger partial charge >= 0.3 is 0 Å². The number of guanidine groups is 2. The van der Waals surface area contributed by atoms with Gasteiger partial charge < -0.3 is 10.6 Å². The SMILES string of the molecule is CCC1(N(C)C(=N)NC(=N)N)C=CC=CC1.Cl. The fraction of sp³-hybridized carbons (Fsp3) is 0.455. The molecule has 0 radical (unpaired) electrons. The third kappa shape index (κ3) is 3.49. The van der Waals surface area contributed by atoms with Crippen LogP contribution in [0.3, 0.4) is 0 Å². The molecule has 1 unspecified atom stereocenters. The standard InChI is InChI=1S/C11H19N5.ClH/c1-3-11(7-5-4-6-8-11)16(2)10(14)15-9(12)13;/h4-7H,3,8H2,1-2H3,(H5,12,13,14,15);1H. The van der Waals surface area contributed by atoms with Crippen molar-refractivity contribution in [2.75, 3.05) is 7.05 Å². The molecule has 0 aromatic heterocycles. The molecule has 17 heavy (non-hydrogen) atoms. The van der Waals surface area contributed by atoms with Crippen LogP contribution in [0.2, 0.25) is 0 Å². The third-order valence-electron chi connectivity index (χ3n) is 2.99. The second-order valence-corrected chi connectivity index (χ2v) is 3.89. The van der Waals surface area contributed by atoms with Gasteiger partial charge in [0.05, 0.1) is 5.54 Å². The van der Waals surface area contributed by atoms with Crippen molar-refractivity contribution in [3.63, 3.8) is 0 Å². The molecule has 0 aliphatic heterocycles. The van der Waals surface area contributed by atoms with Crippen LogP contribution < -0.4 is 11.1 Å². The lowest BCUT2D eigenvalue weighted by Gasteiger charge is -2.40. The van der Waals surface area contributed by atoms with Crippen LogP contribution in [0.25, 0.3) is 0 Å². The summed E-state index contributed by atoms with van der Waals surface area (Å²) in [5.74, 6) is -0.0623. The summed E-state index contributed by atoms with van der Waals surface area (Å²) >= 11 is 0. The topological polar surface area (TPSA) is 89.0 Å². The fourth-order valence-electron chi connectivity index (χ4n) is 1.84. The predicted molar refractivity (Wildman–Crippen MR) is 73.7 cm³/mol. The van der Waals surface area contributed by atoms with Crippen molar-refractivity contribution in [1.29, 1.82) is 10.8 Å². The Labute approximate surface area is 108 Å². The Hall–Kier alpha value is -1.49. The van der Waals surface area contributed by atoms with E-state index in [1.165, 1.54) is 0 Å². The van der Waals surface area contributed by atoms with Gasteiger partial charge in [-0.15, -0.1) is 12.4 Å². The Morgan fingerprint density at radius 3 is 2.53 bits per heavy atom. The van der Waals surface area contributed by atoms with Gasteiger partial charge in [0.1, 0.15) is 0 Å². The van der Waals surface area contributed by atoms with Crippen LogP contribution in [0, 0.1) is 10.8 Å². The lowest BCUT2D eigenvalue weighted by atomic mass is 9.87. The molecule has 0 saturated heterocycles. The Kier molecular flexibility index (Phi) is 5.74. The minimum Gasteiger partial charge on any atom is -0.370 e. The van der Waals surface area contributed by atoms with E-state index < -0.39 is 0 Å². The zero-order valence-corrected chi connectivity index (χ0v) is 11.0. The molecule has 0 aromatic carbocycles. The Morgan fingerprint density at radius 2 is 2.12 bits per heavy atom. The lowest BCUT2D eigenvalue weighted by molar-refractivity contribution is 0.252. The van der Waals surface area contributed by atoms with Crippen LogP contribution in [-0.2, 0) is 0 Å². The molecule has 0 aromatic rings. The molecule has 1 aliphatic rings. The van der Waals surface area contributed by atoms with E-state index >= 15 is 0 Å². The molecule has 96 valence electrons. The van der Waals surface area contributed by atoms with Gasteiger partial charge in [-0.3, -0.25) is 16.1 Å². The van der Waals surface area contributed by atoms with Crippen molar-refractivity contribution in [3.05, 3.63) is 24.3 Å². The number of nitrogens with two attached hydrogens (primary N) is 1. The first kappa shape index (κ1) is 15.5. The van der Waals surface area contributed by atoms with Gasteiger partial charge in [0.25, 0.3) is 0 Å². The maximum absolute atomic E-state index is 7.83. The first-order chi connectivity index (χ1) is 7.52. The molecule has 5 nitrogen and oxygen atoms in total. The number of halogens is 1. The summed E-state index contributed by atoms with van der Waals surface area (Å²) < 4.78 is 0. The average Bonchev–Trinajstić information content (AvgIpc) is 2.28. The molecule has 0 amide bonds. The van der Waals surface area contributed by atoms with E-state index in [-0.39, 0.29) is 29.9 Å². The number of likely N-dealkylation sites (N-methyl/N-ethyl adjacent to an activating group) is 1. The Bertz CT molecular complexity index is 350. The van der Waals surface area contributed by atoms with Crippen molar-refractivity contribution in [3.8, 4) is 0 Å². The van der Waals surface area contributed by atoms with Gasteiger partial charge in [0.2, 0.25) is 0 Å². The average molecular weight is 258 g/mol. The van der Waals surface area contributed by atoms with Gasteiger partial charge in [0.15, 0.2) is 11.9 Å². The molecule has 0 bridgehead atoms. The number of allylic oxidation sites excluding steroid dienone is 2. The van der Waals surface area contributed by atoms with E-state index in [9.17, 15) is 0 Å². The van der Waals surface area contributed by atoms with Crippen molar-refractivity contribution in [1.82, 2.24) is 10.2 Å². The highest BCUT2D eigenvalue weighted by molar-refractivity contribution is 5.95. The van der Waals surface area contributed by atoms with E-state index in [0.717, 1.165) is 12.8 Å². The monoisotopic (exact) mass is 257 g/mol. The highest BCUT2D eigenvalue weighted by Crippen LogP contribution is 2.27. The van der Waals surface area contributed by atoms with Gasteiger partial charge in [-0.1, -0.05) is 31.2 Å². The van der Waals surface area contributed by atoms with Crippen LogP contribution in [0.5, 0.6) is 0 Å². The normalized spacial score (nSPS) is 21.5. The molecular weight excluding hydrogens is 238 g/mol. The van der Waals surface area contributed by atoms with E-state index in [2.05, 4.69) is 24.4 Å². The Morgan fingerprint density at radius 1 is 1.47 bits per heavy atom. The van der Waals surface area contributed by atoms with Crippen LogP contribution in [0.1, 0.15) is 19.8 Å². The molecule has 0 saturated carbocycles. The van der Waals surface area contributed by atoms with Gasteiger partial charge in [-0.25, -0.2) is 0 Å². The third-order valence-corrected chi connectivity index (χ3v) is 2.99. The molecule has 0 fully saturated rings. The number of rotatable bonds is 2. The predicted octanol–water partition coefficient (Wildman–Crippen LogP) is 1.42. The van der Waals surface area contributed by atoms with Crippen molar-refractivity contribution < 1.29 is 0 Å². The number of nitrogens with zero attached hydrogens (tertiary/aromatic N) is 1. The van der Waals surface area contributed by atoms with Gasteiger partial charge in [0, 0.05) is 7.05 Å². The highest BCUT2D eigenvalue weighted by Gasteiger charge is 2.31. The maximum Gasteiger partial charge on any atom is 0.198 e. The van der Waals surface area contributed by atoms with E-state index in [1.54, 1.807) is 0 Å². The zero-order valence-electron chi connectivity index (χ0n) is 10.2. The maximum atomic E-state index is 7.83. The van der Waals surface area contributed by atoms with Crippen LogP contribution >= 0.6 is 12.4 Å². The molecule has 0 heterocycles. The first-order valence-electron chi connectivity index (χ1n) is 5.29. The zero-order chi connectivity index (χ0) is 12.2. The first-order valence-corrected chi connectivity index (χ1v) is 5.29. The fourth-order valence-corrected chi connectivity index (χ4v) is 1.84. The summed E-state index contributed by atoms with van der Waals surface area (Å²) in [7, 11) is 1.84. The molecular formula is C11H20ClN5. The lowest BCUT2D eigenvalue weighted by Crippen LogP contribution is -2.54. The van der Waals surface area contributed by atoms with Crippen LogP contribution in [-0.4, -0.2) is 29.4 Å². The number of nitrogens with one attached hydrogen (secondary N) is 3. The van der Waals surface area contributed by atoms with Crippen LogP contribution in [0.15, 0.2) is 24.3 Å². The molecule has 6 heteroatoms. The summed E-state index contributed by atoms with van der Waals surface area (Å²) in [6.07, 6.45) is 9.92. The van der Waals surface area contributed by atoms with E-state index in [1.807, 2.05) is 24.1 Å². The van der Waals surface area contributed by atoms with Crippen LogP contribution in [0.4, 0.5) is 0 Å². The minimum absolute atomic E-state index is 0. The molecule has 1 rings (SSSR count). The van der Waals surface area contributed by atoms with Crippen molar-refractivity contribution in [2.24, 2.45) is 5.73 Å². The summed E-state index contributed by atoms with van der Waals surface area (Å²) in [6.45, 7) is 2.08. The minimum atomic E-state index is -0.210. The van der Waals surface area contributed by atoms with Crippen molar-refractivity contribution >= 4 is 24.3 Å². The molecule has 0 spiro atoms. The summed E-state index contributed by atoms with van der Waals surface area (Å²) in [6, 6.07) is 0. The number of hydrogen-bond donors (Lipinski definition) is 4. The van der Waals surface area contributed by atoms with Gasteiger partial charge in [-0.05, 0) is 12.8 Å². The van der Waals surface area contributed by atoms with Gasteiger partial charge in [-0.2, -0.15) is 0 Å². The van der Waals surface area contributed by atoms with Crippen molar-refractivity contribution in [2.45, 2.75) is 25.3 Å². The number of hydrogen-bond acceptors (Lipinski definition) is 2. The highest BCUT2D eigenvalue weighted by atomic mass is 35.5. The largest absolute Gasteiger partial charge is 0.370 e. The second kappa shape index (κ2) is 6.30. The molecule has 5 N–H and O–H groups in total. The smallest absolute Gasteiger partial charge is 0.198 e. The quantitative estimate of drug-likeness (QED) is 0.446. The summed E-state index contributed by atoms with van der Waals surface area (Å²) in [5.41, 5.74) is 5.03. The van der Waals surface area contributed by atoms with E-state index in [4.69, 9.17) is 16.6 Å². The Balaban J connectivity index is 0.00000256. The van der Waals surface area contributed by atoms with E-state index in [0.29, 0.717) is 0 Å². The summed E-state index contributed by atoms with van der Waals surface area (Å²) in [5, 5.41) is 17.5. The summed E-state index contributed by atoms with van der Waals surface area (Å²) in [4.78, 5) is 1.81. The second-order valence-electron chi connectivity index (χ2n) is 3.89. The molecule has 1 atom stereocenters. The molecule has 1 aliphatic carbocycles.